The number of allylic oxidation sites excluding steroid dienone is 11. The lowest BCUT2D eigenvalue weighted by molar-refractivity contribution is -0.870. The number of likely N-dealkylation sites (N-methyl/N-ethyl adjacent to an activating group) is 1. The molecule has 8 nitrogen and oxygen atoms in total. The van der Waals surface area contributed by atoms with Gasteiger partial charge in [0.1, 0.15) is 13.2 Å². The van der Waals surface area contributed by atoms with Crippen LogP contribution in [0.25, 0.3) is 0 Å². The molecular weight excluding hydrogens is 780 g/mol. The Morgan fingerprint density at radius 1 is 0.557 bits per heavy atom. The van der Waals surface area contributed by atoms with Crippen molar-refractivity contribution < 1.29 is 32.9 Å². The van der Waals surface area contributed by atoms with Crippen LogP contribution in [0.4, 0.5) is 0 Å². The van der Waals surface area contributed by atoms with Gasteiger partial charge in [0, 0.05) is 6.42 Å². The highest BCUT2D eigenvalue weighted by atomic mass is 31.2. The fourth-order valence-corrected chi connectivity index (χ4v) is 7.40. The molecule has 0 saturated carbocycles. The maximum atomic E-state index is 12.9. The molecule has 0 aromatic heterocycles. The summed E-state index contributed by atoms with van der Waals surface area (Å²) in [6, 6.07) is -0.880. The third kappa shape index (κ3) is 45.8. The Kier molecular flexibility index (Phi) is 41.7. The van der Waals surface area contributed by atoms with E-state index >= 15 is 0 Å². The van der Waals surface area contributed by atoms with Crippen LogP contribution in [0.1, 0.15) is 200 Å². The highest BCUT2D eigenvalue weighted by Crippen LogP contribution is 2.43. The Morgan fingerprint density at radius 2 is 0.951 bits per heavy atom. The van der Waals surface area contributed by atoms with Crippen LogP contribution in [0.2, 0.25) is 0 Å². The lowest BCUT2D eigenvalue weighted by Crippen LogP contribution is -2.45. The van der Waals surface area contributed by atoms with Crippen LogP contribution < -0.4 is 5.32 Å². The molecular formula is C52H96N2O6P+. The maximum absolute atomic E-state index is 12.9. The number of amides is 1. The molecule has 3 N–H and O–H groups in total. The molecule has 0 aromatic rings. The van der Waals surface area contributed by atoms with Crippen molar-refractivity contribution in [2.24, 2.45) is 0 Å². The van der Waals surface area contributed by atoms with Crippen molar-refractivity contribution in [3.63, 3.8) is 0 Å². The Morgan fingerprint density at radius 3 is 1.46 bits per heavy atom. The Hall–Kier alpha value is -2.06. The van der Waals surface area contributed by atoms with Crippen molar-refractivity contribution in [2.75, 3.05) is 40.9 Å². The summed E-state index contributed by atoms with van der Waals surface area (Å²) in [5.74, 6) is -0.206. The van der Waals surface area contributed by atoms with Crippen molar-refractivity contribution in [3.05, 3.63) is 72.9 Å². The molecule has 0 radical (unpaired) electrons. The summed E-state index contributed by atoms with van der Waals surface area (Å²) in [5.41, 5.74) is 0. The van der Waals surface area contributed by atoms with E-state index in [0.29, 0.717) is 17.4 Å². The molecule has 0 spiro atoms. The quantitative estimate of drug-likeness (QED) is 0.0244. The van der Waals surface area contributed by atoms with Crippen LogP contribution in [0, 0.1) is 0 Å². The first kappa shape index (κ1) is 58.9. The summed E-state index contributed by atoms with van der Waals surface area (Å²) in [5, 5.41) is 13.8. The van der Waals surface area contributed by atoms with Gasteiger partial charge >= 0.3 is 7.82 Å². The molecule has 3 atom stereocenters. The summed E-state index contributed by atoms with van der Waals surface area (Å²) >= 11 is 0. The number of aliphatic hydroxyl groups excluding tert-OH is 1. The van der Waals surface area contributed by atoms with Crippen LogP contribution in [0.3, 0.4) is 0 Å². The van der Waals surface area contributed by atoms with Crippen LogP contribution in [-0.4, -0.2) is 73.4 Å². The third-order valence-electron chi connectivity index (χ3n) is 10.6. The summed E-state index contributed by atoms with van der Waals surface area (Å²) in [6.07, 6.45) is 58.3. The Labute approximate surface area is 376 Å². The van der Waals surface area contributed by atoms with Crippen LogP contribution in [-0.2, 0) is 18.4 Å². The van der Waals surface area contributed by atoms with Crippen molar-refractivity contribution in [1.29, 1.82) is 0 Å². The normalized spacial score (nSPS) is 14.8. The standard InChI is InChI=1S/C52H95N2O6P/c1-6-8-10-12-14-16-18-20-22-24-26-28-29-31-33-35-37-39-41-43-45-51(55)50(49-60-61(57,58)59-48-47-54(3,4)5)53-52(56)46-44-42-40-38-36-34-32-30-27-25-23-21-19-17-15-13-11-9-7-2/h15,17,21,23,27-30,35,37,43,45,50-51,55H,6-14,16,18-20,22,24-26,31-34,36,38-42,44,46-49H2,1-5H3,(H-,53,56,57,58)/p+1/b17-15-,23-21-,29-28+,30-27-,37-35+,45-43+. The lowest BCUT2D eigenvalue weighted by Gasteiger charge is -2.25. The van der Waals surface area contributed by atoms with Crippen LogP contribution >= 0.6 is 7.82 Å². The van der Waals surface area contributed by atoms with Crippen molar-refractivity contribution in [3.8, 4) is 0 Å². The van der Waals surface area contributed by atoms with Crippen molar-refractivity contribution >= 4 is 13.7 Å². The molecule has 0 aliphatic heterocycles. The summed E-state index contributed by atoms with van der Waals surface area (Å²) in [6.45, 7) is 4.74. The van der Waals surface area contributed by atoms with Crippen molar-refractivity contribution in [2.45, 2.75) is 212 Å². The first-order valence-electron chi connectivity index (χ1n) is 24.8. The number of carbonyl (C=O) groups is 1. The number of phosphoric acid groups is 1. The zero-order valence-electron chi connectivity index (χ0n) is 40.1. The summed E-state index contributed by atoms with van der Waals surface area (Å²) < 4.78 is 23.6. The number of nitrogens with zero attached hydrogens (tertiary/aromatic N) is 1. The molecule has 3 unspecified atom stereocenters. The zero-order chi connectivity index (χ0) is 45.0. The second-order valence-electron chi connectivity index (χ2n) is 17.8. The van der Waals surface area contributed by atoms with E-state index in [-0.39, 0.29) is 19.1 Å². The molecule has 0 saturated heterocycles. The van der Waals surface area contributed by atoms with Crippen LogP contribution in [0.15, 0.2) is 72.9 Å². The fourth-order valence-electron chi connectivity index (χ4n) is 6.67. The van der Waals surface area contributed by atoms with E-state index in [2.05, 4.69) is 79.9 Å². The smallest absolute Gasteiger partial charge is 0.387 e. The largest absolute Gasteiger partial charge is 0.472 e. The predicted octanol–water partition coefficient (Wildman–Crippen LogP) is 14.4. The number of hydrogen-bond acceptors (Lipinski definition) is 5. The fraction of sp³-hybridized carbons (Fsp3) is 0.750. The highest BCUT2D eigenvalue weighted by Gasteiger charge is 2.27. The molecule has 1 amide bonds. The van der Waals surface area contributed by atoms with Gasteiger partial charge in [0.05, 0.1) is 39.9 Å². The molecule has 0 aromatic carbocycles. The van der Waals surface area contributed by atoms with Gasteiger partial charge in [-0.05, 0) is 83.5 Å². The maximum Gasteiger partial charge on any atom is 0.472 e. The lowest BCUT2D eigenvalue weighted by atomic mass is 10.1. The van der Waals surface area contributed by atoms with E-state index in [1.54, 1.807) is 6.08 Å². The van der Waals surface area contributed by atoms with E-state index in [4.69, 9.17) is 9.05 Å². The molecule has 0 aliphatic rings. The first-order valence-corrected chi connectivity index (χ1v) is 26.3. The van der Waals surface area contributed by atoms with Crippen LogP contribution in [0.5, 0.6) is 0 Å². The van der Waals surface area contributed by atoms with Gasteiger partial charge in [-0.1, -0.05) is 183 Å². The van der Waals surface area contributed by atoms with E-state index < -0.39 is 20.0 Å². The van der Waals surface area contributed by atoms with Gasteiger partial charge in [0.25, 0.3) is 0 Å². The Balaban J connectivity index is 4.47. The number of quaternary nitrogens is 1. The number of rotatable bonds is 44. The molecule has 0 heterocycles. The third-order valence-corrected chi connectivity index (χ3v) is 11.6. The monoisotopic (exact) mass is 876 g/mol. The summed E-state index contributed by atoms with van der Waals surface area (Å²) in [4.78, 5) is 23.2. The van der Waals surface area contributed by atoms with Gasteiger partial charge in [0.15, 0.2) is 0 Å². The Bertz CT molecular complexity index is 1220. The number of aliphatic hydroxyl groups is 1. The SMILES string of the molecule is CCCCC/C=C\C/C=C\C/C=C\CCCCCCCCC(=O)NC(COP(=O)(O)OCC[N+](C)(C)C)C(O)/C=C/CC/C=C/CC/C=C/CCCCCCCCCCCC. The predicted molar refractivity (Wildman–Crippen MR) is 263 cm³/mol. The van der Waals surface area contributed by atoms with Crippen molar-refractivity contribution in [1.82, 2.24) is 5.32 Å². The minimum Gasteiger partial charge on any atom is -0.387 e. The number of nitrogens with one attached hydrogen (secondary N) is 1. The minimum atomic E-state index is -4.36. The number of carbonyl (C=O) groups excluding carboxylic acids is 1. The molecule has 0 fully saturated rings. The first-order chi connectivity index (χ1) is 29.5. The summed E-state index contributed by atoms with van der Waals surface area (Å²) in [7, 11) is 1.53. The van der Waals surface area contributed by atoms with Gasteiger partial charge in [-0.3, -0.25) is 13.8 Å². The number of unbranched alkanes of at least 4 members (excludes halogenated alkanes) is 21. The molecule has 9 heteroatoms. The number of hydrogen-bond donors (Lipinski definition) is 3. The molecule has 61 heavy (non-hydrogen) atoms. The van der Waals surface area contributed by atoms with E-state index in [1.807, 2.05) is 27.2 Å². The van der Waals surface area contributed by atoms with Gasteiger partial charge in [-0.2, -0.15) is 0 Å². The molecule has 354 valence electrons. The van der Waals surface area contributed by atoms with Gasteiger partial charge in [-0.15, -0.1) is 0 Å². The average Bonchev–Trinajstić information content (AvgIpc) is 3.21. The minimum absolute atomic E-state index is 0.0475. The van der Waals surface area contributed by atoms with E-state index in [9.17, 15) is 19.4 Å². The average molecular weight is 876 g/mol. The van der Waals surface area contributed by atoms with Gasteiger partial charge in [-0.25, -0.2) is 4.57 Å². The van der Waals surface area contributed by atoms with E-state index in [1.165, 1.54) is 109 Å². The zero-order valence-corrected chi connectivity index (χ0v) is 41.0. The highest BCUT2D eigenvalue weighted by molar-refractivity contribution is 7.47. The second kappa shape index (κ2) is 43.2. The topological polar surface area (TPSA) is 105 Å². The number of phosphoric ester groups is 1. The molecule has 0 bridgehead atoms. The second-order valence-corrected chi connectivity index (χ2v) is 19.3. The molecule has 0 rings (SSSR count). The van der Waals surface area contributed by atoms with Gasteiger partial charge < -0.3 is 19.8 Å². The molecule has 0 aliphatic carbocycles. The van der Waals surface area contributed by atoms with E-state index in [0.717, 1.165) is 70.6 Å². The van der Waals surface area contributed by atoms with Gasteiger partial charge in [0.2, 0.25) is 5.91 Å².